The fraction of sp³-hybridized carbons (Fsp3) is 0.158. The highest BCUT2D eigenvalue weighted by Gasteiger charge is 2.41. The van der Waals surface area contributed by atoms with Crippen LogP contribution in [0.25, 0.3) is 0 Å². The molecule has 0 fully saturated rings. The second-order valence-electron chi connectivity index (χ2n) is 5.86. The van der Waals surface area contributed by atoms with Crippen molar-refractivity contribution in [2.24, 2.45) is 0 Å². The quantitative estimate of drug-likeness (QED) is 0.457. The summed E-state index contributed by atoms with van der Waals surface area (Å²) in [6.45, 7) is 0.421. The molecule has 0 radical (unpaired) electrons. The zero-order chi connectivity index (χ0) is 19.7. The zero-order valence-corrected chi connectivity index (χ0v) is 14.1. The van der Waals surface area contributed by atoms with E-state index in [2.05, 4.69) is 0 Å². The SMILES string of the molecule is C[C@H](C(=O)OCC(=O)c1cc(F)ccc1F)N1C(=O)c2ccccc2C1=O. The number of benzene rings is 2. The van der Waals surface area contributed by atoms with Gasteiger partial charge in [-0.1, -0.05) is 12.1 Å². The van der Waals surface area contributed by atoms with Crippen LogP contribution in [-0.2, 0) is 9.53 Å². The van der Waals surface area contributed by atoms with E-state index < -0.39 is 53.4 Å². The Morgan fingerprint density at radius 3 is 2.22 bits per heavy atom. The Bertz CT molecular complexity index is 937. The van der Waals surface area contributed by atoms with Gasteiger partial charge >= 0.3 is 5.97 Å². The standard InChI is InChI=1S/C19H13F2NO5/c1-10(22-17(24)12-4-2-3-5-13(12)18(22)25)19(26)27-9-16(23)14-8-11(20)6-7-15(14)21/h2-8,10H,9H2,1H3/t10-/m1/s1. The smallest absolute Gasteiger partial charge is 0.329 e. The summed E-state index contributed by atoms with van der Waals surface area (Å²) in [5.74, 6) is -5.04. The molecular weight excluding hydrogens is 360 g/mol. The van der Waals surface area contributed by atoms with Crippen molar-refractivity contribution >= 4 is 23.6 Å². The van der Waals surface area contributed by atoms with Gasteiger partial charge in [0.25, 0.3) is 11.8 Å². The van der Waals surface area contributed by atoms with Crippen LogP contribution in [0.5, 0.6) is 0 Å². The minimum atomic E-state index is -1.29. The van der Waals surface area contributed by atoms with Gasteiger partial charge in [-0.3, -0.25) is 19.3 Å². The maximum atomic E-state index is 13.6. The van der Waals surface area contributed by atoms with Crippen LogP contribution in [0.3, 0.4) is 0 Å². The number of nitrogens with zero attached hydrogens (tertiary/aromatic N) is 1. The van der Waals surface area contributed by atoms with Crippen LogP contribution in [-0.4, -0.2) is 41.1 Å². The number of hydrogen-bond donors (Lipinski definition) is 0. The summed E-state index contributed by atoms with van der Waals surface area (Å²) in [4.78, 5) is 49.5. The number of carbonyl (C=O) groups is 4. The van der Waals surface area contributed by atoms with E-state index in [4.69, 9.17) is 4.74 Å². The number of carbonyl (C=O) groups excluding carboxylic acids is 4. The fourth-order valence-electron chi connectivity index (χ4n) is 2.71. The van der Waals surface area contributed by atoms with Crippen LogP contribution in [0, 0.1) is 11.6 Å². The number of Topliss-reactive ketones (excluding diaryl/α,β-unsaturated/α-hetero) is 1. The normalized spacial score (nSPS) is 14.1. The molecule has 1 atom stereocenters. The molecule has 1 heterocycles. The van der Waals surface area contributed by atoms with Crippen LogP contribution in [0.1, 0.15) is 38.0 Å². The van der Waals surface area contributed by atoms with Crippen LogP contribution in [0.15, 0.2) is 42.5 Å². The summed E-state index contributed by atoms with van der Waals surface area (Å²) in [6.07, 6.45) is 0. The van der Waals surface area contributed by atoms with E-state index in [-0.39, 0.29) is 11.1 Å². The van der Waals surface area contributed by atoms with Gasteiger partial charge in [0.1, 0.15) is 17.7 Å². The molecule has 0 unspecified atom stereocenters. The van der Waals surface area contributed by atoms with E-state index in [0.29, 0.717) is 6.07 Å². The molecule has 0 saturated heterocycles. The molecule has 1 aliphatic rings. The summed E-state index contributed by atoms with van der Waals surface area (Å²) in [5.41, 5.74) is -0.226. The van der Waals surface area contributed by atoms with Gasteiger partial charge in [-0.25, -0.2) is 13.6 Å². The van der Waals surface area contributed by atoms with Crippen LogP contribution in [0.4, 0.5) is 8.78 Å². The molecule has 3 rings (SSSR count). The van der Waals surface area contributed by atoms with Crippen molar-refractivity contribution in [2.75, 3.05) is 6.61 Å². The molecule has 0 spiro atoms. The lowest BCUT2D eigenvalue weighted by Gasteiger charge is -2.20. The number of hydrogen-bond acceptors (Lipinski definition) is 5. The van der Waals surface area contributed by atoms with Gasteiger partial charge in [-0.05, 0) is 37.3 Å². The second-order valence-corrected chi connectivity index (χ2v) is 5.86. The lowest BCUT2D eigenvalue weighted by atomic mass is 10.1. The zero-order valence-electron chi connectivity index (χ0n) is 14.1. The van der Waals surface area contributed by atoms with Crippen molar-refractivity contribution in [3.8, 4) is 0 Å². The number of imide groups is 1. The van der Waals surface area contributed by atoms with Gasteiger partial charge in [-0.2, -0.15) is 0 Å². The van der Waals surface area contributed by atoms with E-state index in [1.54, 1.807) is 12.1 Å². The average Bonchev–Trinajstić information content (AvgIpc) is 2.92. The molecule has 2 aromatic carbocycles. The highest BCUT2D eigenvalue weighted by atomic mass is 19.1. The van der Waals surface area contributed by atoms with Crippen molar-refractivity contribution in [3.63, 3.8) is 0 Å². The molecule has 6 nitrogen and oxygen atoms in total. The van der Waals surface area contributed by atoms with E-state index in [1.807, 2.05) is 0 Å². The van der Waals surface area contributed by atoms with Crippen LogP contribution in [0.2, 0.25) is 0 Å². The van der Waals surface area contributed by atoms with E-state index in [0.717, 1.165) is 17.0 Å². The maximum Gasteiger partial charge on any atom is 0.329 e. The Morgan fingerprint density at radius 2 is 1.63 bits per heavy atom. The third-order valence-electron chi connectivity index (χ3n) is 4.13. The Balaban J connectivity index is 1.68. The van der Waals surface area contributed by atoms with Crippen LogP contribution < -0.4 is 0 Å². The Kier molecular flexibility index (Phi) is 4.81. The predicted molar refractivity (Wildman–Crippen MR) is 88.1 cm³/mol. The van der Waals surface area contributed by atoms with Gasteiger partial charge in [0.05, 0.1) is 16.7 Å². The minimum absolute atomic E-state index is 0.167. The number of amides is 2. The van der Waals surface area contributed by atoms with E-state index >= 15 is 0 Å². The molecule has 0 N–H and O–H groups in total. The van der Waals surface area contributed by atoms with Crippen LogP contribution >= 0.6 is 0 Å². The third kappa shape index (κ3) is 3.33. The maximum absolute atomic E-state index is 13.6. The summed E-state index contributed by atoms with van der Waals surface area (Å²) in [6, 6.07) is 7.13. The van der Waals surface area contributed by atoms with Gasteiger partial charge < -0.3 is 4.74 Å². The monoisotopic (exact) mass is 373 g/mol. The molecule has 0 bridgehead atoms. The predicted octanol–water partition coefficient (Wildman–Crippen LogP) is 2.38. The molecule has 1 aliphatic heterocycles. The highest BCUT2D eigenvalue weighted by molar-refractivity contribution is 6.22. The molecule has 2 amide bonds. The summed E-state index contributed by atoms with van der Waals surface area (Å²) in [5, 5.41) is 0. The lowest BCUT2D eigenvalue weighted by Crippen LogP contribution is -2.44. The van der Waals surface area contributed by atoms with E-state index in [9.17, 15) is 28.0 Å². The molecule has 138 valence electrons. The van der Waals surface area contributed by atoms with Crippen molar-refractivity contribution < 1.29 is 32.7 Å². The molecule has 27 heavy (non-hydrogen) atoms. The highest BCUT2D eigenvalue weighted by Crippen LogP contribution is 2.24. The fourth-order valence-corrected chi connectivity index (χ4v) is 2.71. The largest absolute Gasteiger partial charge is 0.456 e. The first kappa shape index (κ1) is 18.4. The summed E-state index contributed by atoms with van der Waals surface area (Å²) < 4.78 is 31.5. The van der Waals surface area contributed by atoms with E-state index in [1.165, 1.54) is 19.1 Å². The summed E-state index contributed by atoms with van der Waals surface area (Å²) >= 11 is 0. The molecule has 0 aliphatic carbocycles. The van der Waals surface area contributed by atoms with Crippen molar-refractivity contribution in [1.29, 1.82) is 0 Å². The average molecular weight is 373 g/mol. The van der Waals surface area contributed by atoms with Crippen molar-refractivity contribution in [3.05, 3.63) is 70.8 Å². The van der Waals surface area contributed by atoms with Gasteiger partial charge in [0.15, 0.2) is 6.61 Å². The molecule has 0 saturated carbocycles. The second kappa shape index (κ2) is 7.06. The molecule has 0 aromatic heterocycles. The van der Waals surface area contributed by atoms with Gasteiger partial charge in [-0.15, -0.1) is 0 Å². The Labute approximate surface area is 152 Å². The van der Waals surface area contributed by atoms with Gasteiger partial charge in [0.2, 0.25) is 5.78 Å². The molecular formula is C19H13F2NO5. The first-order valence-corrected chi connectivity index (χ1v) is 7.93. The number of rotatable bonds is 5. The first-order valence-electron chi connectivity index (χ1n) is 7.93. The number of ketones is 1. The lowest BCUT2D eigenvalue weighted by molar-refractivity contribution is -0.146. The number of fused-ring (bicyclic) bond motifs is 1. The Morgan fingerprint density at radius 1 is 1.04 bits per heavy atom. The molecule has 2 aromatic rings. The summed E-state index contributed by atoms with van der Waals surface area (Å²) in [7, 11) is 0. The number of halogens is 2. The number of esters is 1. The minimum Gasteiger partial charge on any atom is -0.456 e. The van der Waals surface area contributed by atoms with Crippen molar-refractivity contribution in [1.82, 2.24) is 4.90 Å². The number of ether oxygens (including phenoxy) is 1. The Hall–Kier alpha value is -3.42. The van der Waals surface area contributed by atoms with Gasteiger partial charge in [0, 0.05) is 0 Å². The topological polar surface area (TPSA) is 80.8 Å². The van der Waals surface area contributed by atoms with Crippen molar-refractivity contribution in [2.45, 2.75) is 13.0 Å². The third-order valence-corrected chi connectivity index (χ3v) is 4.13. The molecule has 8 heteroatoms. The first-order chi connectivity index (χ1) is 12.8.